The molecule has 5 heteroatoms. The van der Waals surface area contributed by atoms with E-state index in [0.29, 0.717) is 0 Å². The Kier molecular flexibility index (Phi) is 4.50. The second-order valence-electron chi connectivity index (χ2n) is 4.95. The summed E-state index contributed by atoms with van der Waals surface area (Å²) in [7, 11) is 0. The van der Waals surface area contributed by atoms with Gasteiger partial charge < -0.3 is 10.2 Å². The molecule has 0 aromatic carbocycles. The largest absolute Gasteiger partial charge is 0.311 e. The Morgan fingerprint density at radius 2 is 2.35 bits per heavy atom. The highest BCUT2D eigenvalue weighted by molar-refractivity contribution is 4.91. The van der Waals surface area contributed by atoms with E-state index in [9.17, 15) is 0 Å². The molecule has 1 aromatic rings. The van der Waals surface area contributed by atoms with Gasteiger partial charge in [-0.3, -0.25) is 4.68 Å². The molecule has 0 amide bonds. The number of likely N-dealkylation sites (tertiary alicyclic amines) is 1. The molecular weight excluding hydrogens is 214 g/mol. The number of aromatic nitrogens is 3. The van der Waals surface area contributed by atoms with Crippen molar-refractivity contribution in [1.29, 1.82) is 0 Å². The number of hydrogen-bond acceptors (Lipinski definition) is 4. The van der Waals surface area contributed by atoms with Crippen LogP contribution in [0.3, 0.4) is 0 Å². The molecule has 0 bridgehead atoms. The molecule has 1 aromatic heterocycles. The van der Waals surface area contributed by atoms with E-state index in [1.807, 2.05) is 10.9 Å². The predicted octanol–water partition coefficient (Wildman–Crippen LogP) is 0.729. The minimum Gasteiger partial charge on any atom is -0.311 e. The van der Waals surface area contributed by atoms with E-state index in [1.165, 1.54) is 19.5 Å². The lowest BCUT2D eigenvalue weighted by Gasteiger charge is -2.14. The van der Waals surface area contributed by atoms with E-state index in [-0.39, 0.29) is 0 Å². The fraction of sp³-hybridized carbons (Fsp3) is 0.833. The standard InChI is InChI=1S/C12H23N5/c1-3-13-8-12-10-17(15-14-12)7-6-16-5-4-11(2)9-16/h10-11,13H,3-9H2,1-2H3. The third-order valence-electron chi connectivity index (χ3n) is 3.30. The maximum absolute atomic E-state index is 4.15. The smallest absolute Gasteiger partial charge is 0.0964 e. The molecule has 1 aliphatic heterocycles. The Morgan fingerprint density at radius 3 is 3.06 bits per heavy atom. The maximum atomic E-state index is 4.15. The first-order chi connectivity index (χ1) is 8.28. The predicted molar refractivity (Wildman–Crippen MR) is 67.6 cm³/mol. The molecule has 1 aliphatic rings. The number of rotatable bonds is 6. The minimum absolute atomic E-state index is 0.817. The average molecular weight is 237 g/mol. The van der Waals surface area contributed by atoms with Crippen LogP contribution in [-0.2, 0) is 13.1 Å². The Bertz CT molecular complexity index is 335. The number of nitrogens with zero attached hydrogens (tertiary/aromatic N) is 4. The van der Waals surface area contributed by atoms with Crippen LogP contribution in [0.25, 0.3) is 0 Å². The Labute approximate surface area is 103 Å². The molecule has 1 fully saturated rings. The van der Waals surface area contributed by atoms with Crippen molar-refractivity contribution >= 4 is 0 Å². The van der Waals surface area contributed by atoms with Crippen LogP contribution >= 0.6 is 0 Å². The van der Waals surface area contributed by atoms with Crippen molar-refractivity contribution < 1.29 is 0 Å². The van der Waals surface area contributed by atoms with Crippen molar-refractivity contribution in [2.45, 2.75) is 33.4 Å². The maximum Gasteiger partial charge on any atom is 0.0964 e. The van der Waals surface area contributed by atoms with Crippen LogP contribution < -0.4 is 5.32 Å². The summed E-state index contributed by atoms with van der Waals surface area (Å²) in [5.74, 6) is 0.857. The molecule has 2 rings (SSSR count). The van der Waals surface area contributed by atoms with Gasteiger partial charge in [0.1, 0.15) is 0 Å². The topological polar surface area (TPSA) is 46.0 Å². The van der Waals surface area contributed by atoms with Crippen LogP contribution in [0.4, 0.5) is 0 Å². The van der Waals surface area contributed by atoms with Gasteiger partial charge in [-0.1, -0.05) is 19.1 Å². The second-order valence-corrected chi connectivity index (χ2v) is 4.95. The molecule has 17 heavy (non-hydrogen) atoms. The zero-order valence-electron chi connectivity index (χ0n) is 10.9. The van der Waals surface area contributed by atoms with Gasteiger partial charge in [-0.15, -0.1) is 5.10 Å². The van der Waals surface area contributed by atoms with E-state index < -0.39 is 0 Å². The van der Waals surface area contributed by atoms with Gasteiger partial charge in [0.25, 0.3) is 0 Å². The zero-order valence-corrected chi connectivity index (χ0v) is 10.9. The summed E-state index contributed by atoms with van der Waals surface area (Å²) in [5.41, 5.74) is 1.03. The van der Waals surface area contributed by atoms with Gasteiger partial charge in [0, 0.05) is 25.8 Å². The summed E-state index contributed by atoms with van der Waals surface area (Å²) >= 11 is 0. The molecule has 1 saturated heterocycles. The lowest BCUT2D eigenvalue weighted by molar-refractivity contribution is 0.305. The number of hydrogen-bond donors (Lipinski definition) is 1. The summed E-state index contributed by atoms with van der Waals surface area (Å²) < 4.78 is 1.95. The summed E-state index contributed by atoms with van der Waals surface area (Å²) in [6.45, 7) is 10.7. The van der Waals surface area contributed by atoms with Crippen molar-refractivity contribution in [2.75, 3.05) is 26.2 Å². The first-order valence-electron chi connectivity index (χ1n) is 6.60. The van der Waals surface area contributed by atoms with Gasteiger partial charge in [0.05, 0.1) is 12.2 Å². The van der Waals surface area contributed by atoms with E-state index in [4.69, 9.17) is 0 Å². The van der Waals surface area contributed by atoms with Crippen molar-refractivity contribution in [3.63, 3.8) is 0 Å². The molecule has 96 valence electrons. The molecule has 0 aliphatic carbocycles. The molecule has 0 spiro atoms. The third kappa shape index (κ3) is 3.78. The molecule has 5 nitrogen and oxygen atoms in total. The van der Waals surface area contributed by atoms with Gasteiger partial charge in [-0.05, 0) is 25.4 Å². The molecule has 1 unspecified atom stereocenters. The van der Waals surface area contributed by atoms with Crippen molar-refractivity contribution in [1.82, 2.24) is 25.2 Å². The highest BCUT2D eigenvalue weighted by atomic mass is 15.4. The highest BCUT2D eigenvalue weighted by Crippen LogP contribution is 2.14. The Hall–Kier alpha value is -0.940. The normalized spacial score (nSPS) is 21.2. The van der Waals surface area contributed by atoms with Gasteiger partial charge in [0.2, 0.25) is 0 Å². The van der Waals surface area contributed by atoms with Gasteiger partial charge in [-0.2, -0.15) is 0 Å². The SMILES string of the molecule is CCNCc1cn(CCN2CCC(C)C2)nn1. The molecule has 1 N–H and O–H groups in total. The average Bonchev–Trinajstić information content (AvgIpc) is 2.93. The Balaban J connectivity index is 1.73. The van der Waals surface area contributed by atoms with E-state index in [0.717, 1.165) is 37.8 Å². The first kappa shape index (κ1) is 12.5. The molecular formula is C12H23N5. The molecule has 0 saturated carbocycles. The zero-order chi connectivity index (χ0) is 12.1. The van der Waals surface area contributed by atoms with Gasteiger partial charge in [-0.25, -0.2) is 0 Å². The van der Waals surface area contributed by atoms with E-state index in [2.05, 4.69) is 34.4 Å². The van der Waals surface area contributed by atoms with Crippen LogP contribution in [0.5, 0.6) is 0 Å². The molecule has 1 atom stereocenters. The van der Waals surface area contributed by atoms with Gasteiger partial charge >= 0.3 is 0 Å². The molecule has 2 heterocycles. The summed E-state index contributed by atoms with van der Waals surface area (Å²) in [6.07, 6.45) is 3.38. The van der Waals surface area contributed by atoms with Crippen LogP contribution in [0, 0.1) is 5.92 Å². The summed E-state index contributed by atoms with van der Waals surface area (Å²) in [6, 6.07) is 0. The monoisotopic (exact) mass is 237 g/mol. The number of nitrogens with one attached hydrogen (secondary N) is 1. The van der Waals surface area contributed by atoms with E-state index in [1.54, 1.807) is 0 Å². The summed E-state index contributed by atoms with van der Waals surface area (Å²) in [5, 5.41) is 11.5. The minimum atomic E-state index is 0.817. The van der Waals surface area contributed by atoms with E-state index >= 15 is 0 Å². The lowest BCUT2D eigenvalue weighted by Crippen LogP contribution is -2.25. The highest BCUT2D eigenvalue weighted by Gasteiger charge is 2.17. The van der Waals surface area contributed by atoms with Crippen LogP contribution in [0.2, 0.25) is 0 Å². The van der Waals surface area contributed by atoms with Crippen LogP contribution in [-0.4, -0.2) is 46.1 Å². The molecule has 0 radical (unpaired) electrons. The summed E-state index contributed by atoms with van der Waals surface area (Å²) in [4.78, 5) is 2.51. The first-order valence-corrected chi connectivity index (χ1v) is 6.60. The van der Waals surface area contributed by atoms with Crippen molar-refractivity contribution in [3.8, 4) is 0 Å². The van der Waals surface area contributed by atoms with Gasteiger partial charge in [0.15, 0.2) is 0 Å². The Morgan fingerprint density at radius 1 is 1.47 bits per heavy atom. The quantitative estimate of drug-likeness (QED) is 0.792. The van der Waals surface area contributed by atoms with Crippen LogP contribution in [0.1, 0.15) is 26.0 Å². The van der Waals surface area contributed by atoms with Crippen molar-refractivity contribution in [3.05, 3.63) is 11.9 Å². The lowest BCUT2D eigenvalue weighted by atomic mass is 10.2. The fourth-order valence-corrected chi connectivity index (χ4v) is 2.26. The van der Waals surface area contributed by atoms with Crippen molar-refractivity contribution in [2.24, 2.45) is 5.92 Å². The van der Waals surface area contributed by atoms with Crippen LogP contribution in [0.15, 0.2) is 6.20 Å². The second kappa shape index (κ2) is 6.12. The fourth-order valence-electron chi connectivity index (χ4n) is 2.26. The third-order valence-corrected chi connectivity index (χ3v) is 3.30.